The lowest BCUT2D eigenvalue weighted by atomic mass is 10.3. The minimum atomic E-state index is -4.01. The van der Waals surface area contributed by atoms with Gasteiger partial charge in [-0.05, 0) is 73.7 Å². The van der Waals surface area contributed by atoms with Crippen LogP contribution in [-0.2, 0) is 14.8 Å². The third-order valence-electron chi connectivity index (χ3n) is 4.58. The molecule has 3 aromatic rings. The molecule has 2 N–H and O–H groups in total. The maximum Gasteiger partial charge on any atom is 0.265 e. The number of ether oxygens (including phenoxy) is 4. The highest BCUT2D eigenvalue weighted by Crippen LogP contribution is 2.29. The number of amides is 1. The molecule has 0 saturated heterocycles. The molecular formula is C24H26N2O7S. The number of rotatable bonds is 11. The van der Waals surface area contributed by atoms with Gasteiger partial charge in [-0.15, -0.1) is 0 Å². The predicted octanol–water partition coefficient (Wildman–Crippen LogP) is 3.92. The van der Waals surface area contributed by atoms with Gasteiger partial charge in [0.15, 0.2) is 6.61 Å². The van der Waals surface area contributed by atoms with Gasteiger partial charge in [0.05, 0.1) is 20.8 Å². The molecule has 0 fully saturated rings. The van der Waals surface area contributed by atoms with Gasteiger partial charge in [-0.3, -0.25) is 9.52 Å². The summed E-state index contributed by atoms with van der Waals surface area (Å²) >= 11 is 0. The monoisotopic (exact) mass is 486 g/mol. The minimum Gasteiger partial charge on any atom is -0.497 e. The summed E-state index contributed by atoms with van der Waals surface area (Å²) in [7, 11) is -1.12. The molecule has 0 spiro atoms. The molecule has 180 valence electrons. The van der Waals surface area contributed by atoms with Crippen molar-refractivity contribution in [1.29, 1.82) is 0 Å². The van der Waals surface area contributed by atoms with Gasteiger partial charge in [-0.2, -0.15) is 0 Å². The van der Waals surface area contributed by atoms with Crippen molar-refractivity contribution in [3.63, 3.8) is 0 Å². The van der Waals surface area contributed by atoms with Gasteiger partial charge in [-0.25, -0.2) is 8.42 Å². The van der Waals surface area contributed by atoms with Crippen LogP contribution in [0.15, 0.2) is 71.6 Å². The van der Waals surface area contributed by atoms with E-state index in [2.05, 4.69) is 10.0 Å². The highest BCUT2D eigenvalue weighted by atomic mass is 32.2. The van der Waals surface area contributed by atoms with Crippen LogP contribution in [0.5, 0.6) is 23.0 Å². The molecule has 0 radical (unpaired) electrons. The number of benzene rings is 3. The summed E-state index contributed by atoms with van der Waals surface area (Å²) in [5.74, 6) is 1.47. The zero-order chi connectivity index (χ0) is 24.6. The number of carbonyl (C=O) groups is 1. The number of methoxy groups -OCH3 is 2. The Labute approximate surface area is 198 Å². The van der Waals surface area contributed by atoms with Crippen LogP contribution < -0.4 is 29.0 Å². The number of nitrogens with one attached hydrogen (secondary N) is 2. The van der Waals surface area contributed by atoms with Gasteiger partial charge >= 0.3 is 0 Å². The highest BCUT2D eigenvalue weighted by molar-refractivity contribution is 7.92. The quantitative estimate of drug-likeness (QED) is 0.422. The summed E-state index contributed by atoms with van der Waals surface area (Å²) in [4.78, 5) is 12.2. The van der Waals surface area contributed by atoms with E-state index in [4.69, 9.17) is 18.9 Å². The SMILES string of the molecule is CCOc1ccc(OCC(=O)Nc2ccc(OC)c(S(=O)(=O)Nc3ccc(OC)cc3)c2)cc1. The molecule has 0 heterocycles. The van der Waals surface area contributed by atoms with Crippen molar-refractivity contribution in [3.8, 4) is 23.0 Å². The summed E-state index contributed by atoms with van der Waals surface area (Å²) in [5.41, 5.74) is 0.622. The van der Waals surface area contributed by atoms with E-state index in [0.29, 0.717) is 29.5 Å². The normalized spacial score (nSPS) is 10.8. The van der Waals surface area contributed by atoms with Crippen molar-refractivity contribution in [2.24, 2.45) is 0 Å². The molecule has 9 nitrogen and oxygen atoms in total. The van der Waals surface area contributed by atoms with Crippen LogP contribution in [0.4, 0.5) is 11.4 Å². The molecule has 3 aromatic carbocycles. The molecule has 34 heavy (non-hydrogen) atoms. The van der Waals surface area contributed by atoms with Crippen molar-refractivity contribution in [2.45, 2.75) is 11.8 Å². The van der Waals surface area contributed by atoms with Crippen molar-refractivity contribution in [3.05, 3.63) is 66.7 Å². The summed E-state index contributed by atoms with van der Waals surface area (Å²) in [6, 6.07) is 17.6. The molecule has 0 atom stereocenters. The third-order valence-corrected chi connectivity index (χ3v) is 5.99. The topological polar surface area (TPSA) is 112 Å². The first-order valence-corrected chi connectivity index (χ1v) is 11.8. The lowest BCUT2D eigenvalue weighted by Crippen LogP contribution is -2.21. The van der Waals surface area contributed by atoms with Crippen LogP contribution >= 0.6 is 0 Å². The second-order valence-corrected chi connectivity index (χ2v) is 8.59. The van der Waals surface area contributed by atoms with Crippen LogP contribution in [0.1, 0.15) is 6.92 Å². The fourth-order valence-corrected chi connectivity index (χ4v) is 4.23. The largest absolute Gasteiger partial charge is 0.497 e. The Hall–Kier alpha value is -3.92. The van der Waals surface area contributed by atoms with E-state index in [1.54, 1.807) is 54.6 Å². The molecule has 3 rings (SSSR count). The molecule has 1 amide bonds. The molecule has 10 heteroatoms. The van der Waals surface area contributed by atoms with Gasteiger partial charge in [-0.1, -0.05) is 0 Å². The maximum absolute atomic E-state index is 13.0. The van der Waals surface area contributed by atoms with Crippen LogP contribution in [-0.4, -0.2) is 41.8 Å². The summed E-state index contributed by atoms with van der Waals surface area (Å²) in [6.45, 7) is 2.18. The Morgan fingerprint density at radius 1 is 0.794 bits per heavy atom. The van der Waals surface area contributed by atoms with Gasteiger partial charge in [0.2, 0.25) is 0 Å². The molecular weight excluding hydrogens is 460 g/mol. The van der Waals surface area contributed by atoms with Gasteiger partial charge < -0.3 is 24.3 Å². The number of hydrogen-bond donors (Lipinski definition) is 2. The fraction of sp³-hybridized carbons (Fsp3) is 0.208. The average molecular weight is 487 g/mol. The van der Waals surface area contributed by atoms with Crippen molar-refractivity contribution < 1.29 is 32.2 Å². The number of hydrogen-bond acceptors (Lipinski definition) is 7. The second-order valence-electron chi connectivity index (χ2n) is 6.94. The van der Waals surface area contributed by atoms with Crippen LogP contribution in [0, 0.1) is 0 Å². The molecule has 0 aromatic heterocycles. The Morgan fingerprint density at radius 2 is 1.38 bits per heavy atom. The lowest BCUT2D eigenvalue weighted by molar-refractivity contribution is -0.118. The first kappa shape index (κ1) is 24.7. The predicted molar refractivity (Wildman–Crippen MR) is 129 cm³/mol. The van der Waals surface area contributed by atoms with Crippen molar-refractivity contribution >= 4 is 27.3 Å². The number of anilines is 2. The van der Waals surface area contributed by atoms with E-state index in [-0.39, 0.29) is 22.9 Å². The molecule has 0 aliphatic heterocycles. The van der Waals surface area contributed by atoms with Crippen molar-refractivity contribution in [1.82, 2.24) is 0 Å². The Kier molecular flexibility index (Phi) is 8.20. The Bertz CT molecular complexity index is 1210. The van der Waals surface area contributed by atoms with E-state index in [0.717, 1.165) is 0 Å². The molecule has 0 aliphatic rings. The van der Waals surface area contributed by atoms with Gasteiger partial charge in [0, 0.05) is 11.4 Å². The third kappa shape index (κ3) is 6.55. The summed E-state index contributed by atoms with van der Waals surface area (Å²) < 4.78 is 49.6. The minimum absolute atomic E-state index is 0.129. The number of sulfonamides is 1. The maximum atomic E-state index is 13.0. The molecule has 0 unspecified atom stereocenters. The van der Waals surface area contributed by atoms with Crippen LogP contribution in [0.2, 0.25) is 0 Å². The zero-order valence-corrected chi connectivity index (χ0v) is 19.8. The smallest absolute Gasteiger partial charge is 0.265 e. The van der Waals surface area contributed by atoms with E-state index < -0.39 is 15.9 Å². The standard InChI is InChI=1S/C24H26N2O7S/c1-4-32-20-10-12-21(13-11-20)33-16-24(27)25-18-7-14-22(31-3)23(15-18)34(28,29)26-17-5-8-19(30-2)9-6-17/h5-15,26H,4,16H2,1-3H3,(H,25,27). The Balaban J connectivity index is 1.69. The average Bonchev–Trinajstić information content (AvgIpc) is 2.84. The summed E-state index contributed by atoms with van der Waals surface area (Å²) in [6.07, 6.45) is 0. The highest BCUT2D eigenvalue weighted by Gasteiger charge is 2.21. The van der Waals surface area contributed by atoms with Crippen LogP contribution in [0.25, 0.3) is 0 Å². The lowest BCUT2D eigenvalue weighted by Gasteiger charge is -2.14. The second kappa shape index (κ2) is 11.3. The molecule has 0 bridgehead atoms. The van der Waals surface area contributed by atoms with E-state index in [1.165, 1.54) is 26.4 Å². The first-order valence-electron chi connectivity index (χ1n) is 10.3. The Morgan fingerprint density at radius 3 is 1.97 bits per heavy atom. The van der Waals surface area contributed by atoms with Gasteiger partial charge in [0.25, 0.3) is 15.9 Å². The zero-order valence-electron chi connectivity index (χ0n) is 19.0. The van der Waals surface area contributed by atoms with Gasteiger partial charge in [0.1, 0.15) is 27.9 Å². The molecule has 0 aliphatic carbocycles. The van der Waals surface area contributed by atoms with Crippen molar-refractivity contribution in [2.75, 3.05) is 37.5 Å². The number of carbonyl (C=O) groups excluding carboxylic acids is 1. The first-order chi connectivity index (χ1) is 16.3. The van der Waals surface area contributed by atoms with E-state index in [1.807, 2.05) is 6.92 Å². The summed E-state index contributed by atoms with van der Waals surface area (Å²) in [5, 5.41) is 2.63. The van der Waals surface area contributed by atoms with E-state index in [9.17, 15) is 13.2 Å². The van der Waals surface area contributed by atoms with E-state index >= 15 is 0 Å². The fourth-order valence-electron chi connectivity index (χ4n) is 2.98. The van der Waals surface area contributed by atoms with Crippen LogP contribution in [0.3, 0.4) is 0 Å². The molecule has 0 saturated carbocycles.